The quantitative estimate of drug-likeness (QED) is 0.516. The van der Waals surface area contributed by atoms with E-state index in [0.717, 1.165) is 12.1 Å². The van der Waals surface area contributed by atoms with Gasteiger partial charge in [0.1, 0.15) is 0 Å². The van der Waals surface area contributed by atoms with Gasteiger partial charge in [0.25, 0.3) is 5.91 Å². The summed E-state index contributed by atoms with van der Waals surface area (Å²) in [4.78, 5) is 25.1. The van der Waals surface area contributed by atoms with E-state index in [9.17, 15) is 27.9 Å². The first-order valence-corrected chi connectivity index (χ1v) is 9.67. The number of hydrogen-bond acceptors (Lipinski definition) is 4. The summed E-state index contributed by atoms with van der Waals surface area (Å²) < 4.78 is 43.7. The Balaban J connectivity index is 1.77. The molecule has 0 heterocycles. The molecule has 0 spiro atoms. The number of carbonyl (C=O) groups is 2. The highest BCUT2D eigenvalue weighted by atomic mass is 35.5. The number of esters is 1. The number of rotatable bonds is 6. The van der Waals surface area contributed by atoms with E-state index in [2.05, 4.69) is 5.32 Å². The SMILES string of the molecule is O=C(COC(=O)C(O)(c1ccccc1)c1ccccc1)Nc1cc(C(F)(F)F)ccc1Cl. The van der Waals surface area contributed by atoms with E-state index in [4.69, 9.17) is 16.3 Å². The van der Waals surface area contributed by atoms with Crippen molar-refractivity contribution in [3.05, 3.63) is 101 Å². The van der Waals surface area contributed by atoms with Crippen LogP contribution in [0.4, 0.5) is 18.9 Å². The lowest BCUT2D eigenvalue weighted by Crippen LogP contribution is -2.39. The summed E-state index contributed by atoms with van der Waals surface area (Å²) in [5.41, 5.74) is -3.05. The first kappa shape index (κ1) is 23.3. The molecule has 0 saturated heterocycles. The molecule has 0 aliphatic heterocycles. The first-order chi connectivity index (χ1) is 15.1. The van der Waals surface area contributed by atoms with Gasteiger partial charge in [0, 0.05) is 0 Å². The number of carbonyl (C=O) groups excluding carboxylic acids is 2. The standard InChI is InChI=1S/C23H17ClF3NO4/c24-18-12-11-17(23(25,26)27)13-19(18)28-20(29)14-32-21(30)22(31,15-7-3-1-4-8-15)16-9-5-2-6-10-16/h1-13,31H,14H2,(H,28,29). The Kier molecular flexibility index (Phi) is 6.86. The van der Waals surface area contributed by atoms with Crippen LogP contribution in [0.1, 0.15) is 16.7 Å². The molecule has 2 N–H and O–H groups in total. The van der Waals surface area contributed by atoms with Gasteiger partial charge in [0.05, 0.1) is 16.3 Å². The van der Waals surface area contributed by atoms with E-state index < -0.39 is 35.8 Å². The summed E-state index contributed by atoms with van der Waals surface area (Å²) >= 11 is 5.86. The van der Waals surface area contributed by atoms with Crippen LogP contribution in [0.2, 0.25) is 5.02 Å². The Morgan fingerprint density at radius 2 is 1.41 bits per heavy atom. The zero-order valence-electron chi connectivity index (χ0n) is 16.4. The topological polar surface area (TPSA) is 75.6 Å². The smallest absolute Gasteiger partial charge is 0.416 e. The average molecular weight is 464 g/mol. The minimum Gasteiger partial charge on any atom is -0.453 e. The molecular formula is C23H17ClF3NO4. The van der Waals surface area contributed by atoms with Crippen molar-refractivity contribution in [3.63, 3.8) is 0 Å². The predicted molar refractivity (Wildman–Crippen MR) is 112 cm³/mol. The molecule has 0 aliphatic carbocycles. The lowest BCUT2D eigenvalue weighted by Gasteiger charge is -2.27. The minimum atomic E-state index is -4.63. The third kappa shape index (κ3) is 5.09. The van der Waals surface area contributed by atoms with Gasteiger partial charge in [-0.15, -0.1) is 0 Å². The molecule has 9 heteroatoms. The number of hydrogen-bond donors (Lipinski definition) is 2. The maximum absolute atomic E-state index is 12.9. The Morgan fingerprint density at radius 1 is 0.875 bits per heavy atom. The Bertz CT molecular complexity index is 1070. The largest absolute Gasteiger partial charge is 0.453 e. The highest BCUT2D eigenvalue weighted by Gasteiger charge is 2.42. The van der Waals surface area contributed by atoms with Crippen LogP contribution in [-0.2, 0) is 26.1 Å². The Labute approximate surface area is 186 Å². The number of benzene rings is 3. The third-order valence-corrected chi connectivity index (χ3v) is 4.91. The molecule has 32 heavy (non-hydrogen) atoms. The maximum atomic E-state index is 12.9. The van der Waals surface area contributed by atoms with Crippen LogP contribution in [0.15, 0.2) is 78.9 Å². The van der Waals surface area contributed by atoms with Crippen molar-refractivity contribution in [2.45, 2.75) is 11.8 Å². The second kappa shape index (κ2) is 9.42. The summed E-state index contributed by atoms with van der Waals surface area (Å²) in [6.45, 7) is -0.854. The van der Waals surface area contributed by atoms with Crippen LogP contribution in [0.3, 0.4) is 0 Å². The van der Waals surface area contributed by atoms with Crippen LogP contribution < -0.4 is 5.32 Å². The number of nitrogens with one attached hydrogen (secondary N) is 1. The van der Waals surface area contributed by atoms with Crippen molar-refractivity contribution in [2.75, 3.05) is 11.9 Å². The van der Waals surface area contributed by atoms with E-state index >= 15 is 0 Å². The molecule has 0 saturated carbocycles. The molecule has 0 aromatic heterocycles. The van der Waals surface area contributed by atoms with E-state index in [0.29, 0.717) is 6.07 Å². The number of alkyl halides is 3. The van der Waals surface area contributed by atoms with Crippen molar-refractivity contribution in [2.24, 2.45) is 0 Å². The van der Waals surface area contributed by atoms with Gasteiger partial charge in [-0.05, 0) is 29.3 Å². The summed E-state index contributed by atoms with van der Waals surface area (Å²) in [6.07, 6.45) is -4.63. The third-order valence-electron chi connectivity index (χ3n) is 4.58. The average Bonchev–Trinajstić information content (AvgIpc) is 2.78. The molecule has 0 atom stereocenters. The number of anilines is 1. The lowest BCUT2D eigenvalue weighted by atomic mass is 9.86. The molecule has 166 valence electrons. The highest BCUT2D eigenvalue weighted by Crippen LogP contribution is 2.34. The lowest BCUT2D eigenvalue weighted by molar-refractivity contribution is -0.163. The van der Waals surface area contributed by atoms with Crippen molar-refractivity contribution in [1.29, 1.82) is 0 Å². The van der Waals surface area contributed by atoms with Gasteiger partial charge in [-0.3, -0.25) is 4.79 Å². The van der Waals surface area contributed by atoms with Gasteiger partial charge in [0.15, 0.2) is 6.61 Å². The predicted octanol–water partition coefficient (Wildman–Crippen LogP) is 4.78. The molecular weight excluding hydrogens is 447 g/mol. The van der Waals surface area contributed by atoms with Crippen LogP contribution in [0.25, 0.3) is 0 Å². The molecule has 0 bridgehead atoms. The van der Waals surface area contributed by atoms with Crippen LogP contribution in [-0.4, -0.2) is 23.6 Å². The molecule has 0 radical (unpaired) electrons. The molecule has 5 nitrogen and oxygen atoms in total. The molecule has 1 amide bonds. The van der Waals surface area contributed by atoms with Crippen LogP contribution in [0, 0.1) is 0 Å². The van der Waals surface area contributed by atoms with Gasteiger partial charge in [-0.2, -0.15) is 13.2 Å². The Hall–Kier alpha value is -3.36. The number of halogens is 4. The molecule has 3 aromatic rings. The van der Waals surface area contributed by atoms with Gasteiger partial charge in [0.2, 0.25) is 5.60 Å². The van der Waals surface area contributed by atoms with E-state index in [-0.39, 0.29) is 21.8 Å². The van der Waals surface area contributed by atoms with E-state index in [1.165, 1.54) is 24.3 Å². The summed E-state index contributed by atoms with van der Waals surface area (Å²) in [5.74, 6) is -2.05. The first-order valence-electron chi connectivity index (χ1n) is 9.29. The van der Waals surface area contributed by atoms with Gasteiger partial charge in [-0.1, -0.05) is 72.3 Å². The van der Waals surface area contributed by atoms with Crippen LogP contribution >= 0.6 is 11.6 Å². The summed E-state index contributed by atoms with van der Waals surface area (Å²) in [5, 5.41) is 13.3. The normalized spacial score (nSPS) is 11.7. The number of amides is 1. The zero-order chi connectivity index (χ0) is 23.4. The molecule has 0 fully saturated rings. The summed E-state index contributed by atoms with van der Waals surface area (Å²) in [7, 11) is 0. The molecule has 3 aromatic carbocycles. The second-order valence-corrected chi connectivity index (χ2v) is 7.17. The van der Waals surface area contributed by atoms with E-state index in [1.807, 2.05) is 0 Å². The van der Waals surface area contributed by atoms with Crippen molar-refractivity contribution in [1.82, 2.24) is 0 Å². The fourth-order valence-electron chi connectivity index (χ4n) is 2.98. The number of ether oxygens (including phenoxy) is 1. The van der Waals surface area contributed by atoms with Crippen molar-refractivity contribution >= 4 is 29.2 Å². The van der Waals surface area contributed by atoms with Gasteiger partial charge < -0.3 is 15.2 Å². The summed E-state index contributed by atoms with van der Waals surface area (Å²) in [6, 6.07) is 18.4. The molecule has 0 aliphatic rings. The van der Waals surface area contributed by atoms with Gasteiger partial charge >= 0.3 is 12.1 Å². The Morgan fingerprint density at radius 3 is 1.91 bits per heavy atom. The zero-order valence-corrected chi connectivity index (χ0v) is 17.2. The highest BCUT2D eigenvalue weighted by molar-refractivity contribution is 6.33. The molecule has 3 rings (SSSR count). The fraction of sp³-hybridized carbons (Fsp3) is 0.130. The molecule has 0 unspecified atom stereocenters. The van der Waals surface area contributed by atoms with Crippen LogP contribution in [0.5, 0.6) is 0 Å². The number of aliphatic hydroxyl groups is 1. The van der Waals surface area contributed by atoms with E-state index in [1.54, 1.807) is 36.4 Å². The second-order valence-electron chi connectivity index (χ2n) is 6.76. The minimum absolute atomic E-state index is 0.122. The monoisotopic (exact) mass is 463 g/mol. The maximum Gasteiger partial charge on any atom is 0.416 e. The fourth-order valence-corrected chi connectivity index (χ4v) is 3.15. The van der Waals surface area contributed by atoms with Crippen molar-refractivity contribution in [3.8, 4) is 0 Å². The van der Waals surface area contributed by atoms with Gasteiger partial charge in [-0.25, -0.2) is 4.79 Å². The van der Waals surface area contributed by atoms with Crippen molar-refractivity contribution < 1.29 is 32.6 Å².